The largest absolute Gasteiger partial charge is 0.383 e. The highest BCUT2D eigenvalue weighted by Crippen LogP contribution is 2.25. The fraction of sp³-hybridized carbons (Fsp3) is 0.200. The van der Waals surface area contributed by atoms with E-state index < -0.39 is 0 Å². The van der Waals surface area contributed by atoms with Crippen LogP contribution in [0, 0.1) is 0 Å². The third kappa shape index (κ3) is 4.31. The van der Waals surface area contributed by atoms with Gasteiger partial charge in [-0.15, -0.1) is 0 Å². The van der Waals surface area contributed by atoms with Gasteiger partial charge in [0.1, 0.15) is 0 Å². The van der Waals surface area contributed by atoms with Gasteiger partial charge < -0.3 is 10.1 Å². The average molecular weight is 370 g/mol. The van der Waals surface area contributed by atoms with Crippen molar-refractivity contribution in [3.8, 4) is 22.5 Å². The first-order chi connectivity index (χ1) is 12.6. The summed E-state index contributed by atoms with van der Waals surface area (Å²) >= 11 is 5.92. The summed E-state index contributed by atoms with van der Waals surface area (Å²) in [6.45, 7) is 2.38. The van der Waals surface area contributed by atoms with Crippen LogP contribution in [-0.4, -0.2) is 35.9 Å². The molecule has 6 heteroatoms. The number of rotatable bonds is 6. The van der Waals surface area contributed by atoms with E-state index in [1.54, 1.807) is 19.2 Å². The molecule has 1 atom stereocenters. The number of carbonyl (C=O) groups excluding carboxylic acids is 1. The molecule has 0 aliphatic rings. The zero-order valence-electron chi connectivity index (χ0n) is 14.6. The molecule has 1 amide bonds. The highest BCUT2D eigenvalue weighted by molar-refractivity contribution is 6.30. The molecule has 0 unspecified atom stereocenters. The topological polar surface area (TPSA) is 67.0 Å². The van der Waals surface area contributed by atoms with Crippen molar-refractivity contribution in [2.45, 2.75) is 13.0 Å². The van der Waals surface area contributed by atoms with Gasteiger partial charge in [0.25, 0.3) is 5.91 Å². The maximum atomic E-state index is 12.2. The lowest BCUT2D eigenvalue weighted by Gasteiger charge is -2.12. The van der Waals surface area contributed by atoms with Gasteiger partial charge in [-0.25, -0.2) is 0 Å². The van der Waals surface area contributed by atoms with E-state index in [9.17, 15) is 4.79 Å². The number of halogens is 1. The molecular weight excluding hydrogens is 350 g/mol. The Kier molecular flexibility index (Phi) is 5.71. The quantitative estimate of drug-likeness (QED) is 0.685. The van der Waals surface area contributed by atoms with E-state index in [0.29, 0.717) is 17.2 Å². The van der Waals surface area contributed by atoms with Crippen molar-refractivity contribution >= 4 is 17.5 Å². The molecule has 2 aromatic carbocycles. The monoisotopic (exact) mass is 369 g/mol. The number of carbonyl (C=O) groups is 1. The Balaban J connectivity index is 1.73. The molecule has 0 saturated heterocycles. The molecule has 3 aromatic rings. The fourth-order valence-electron chi connectivity index (χ4n) is 2.64. The minimum absolute atomic E-state index is 0.0412. The molecule has 0 spiro atoms. The molecule has 134 valence electrons. The number of benzene rings is 2. The number of aromatic nitrogens is 2. The summed E-state index contributed by atoms with van der Waals surface area (Å²) in [5.41, 5.74) is 4.27. The maximum Gasteiger partial charge on any atom is 0.251 e. The van der Waals surface area contributed by atoms with E-state index >= 15 is 0 Å². The van der Waals surface area contributed by atoms with Gasteiger partial charge in [0.2, 0.25) is 0 Å². The van der Waals surface area contributed by atoms with Crippen LogP contribution >= 0.6 is 11.6 Å². The molecule has 26 heavy (non-hydrogen) atoms. The number of ether oxygens (including phenoxy) is 1. The molecule has 2 N–H and O–H groups in total. The van der Waals surface area contributed by atoms with E-state index in [1.165, 1.54) is 0 Å². The van der Waals surface area contributed by atoms with Crippen LogP contribution in [0.5, 0.6) is 0 Å². The molecule has 0 radical (unpaired) electrons. The number of hydrogen-bond acceptors (Lipinski definition) is 3. The second-order valence-corrected chi connectivity index (χ2v) is 6.52. The van der Waals surface area contributed by atoms with Crippen molar-refractivity contribution in [2.75, 3.05) is 13.7 Å². The van der Waals surface area contributed by atoms with Crippen molar-refractivity contribution < 1.29 is 9.53 Å². The summed E-state index contributed by atoms with van der Waals surface area (Å²) in [4.78, 5) is 12.2. The first-order valence-electron chi connectivity index (χ1n) is 8.28. The summed E-state index contributed by atoms with van der Waals surface area (Å²) in [7, 11) is 1.61. The molecular formula is C20H20ClN3O2. The molecule has 3 rings (SSSR count). The van der Waals surface area contributed by atoms with Crippen LogP contribution < -0.4 is 5.32 Å². The van der Waals surface area contributed by atoms with Gasteiger partial charge in [0.05, 0.1) is 18.0 Å². The van der Waals surface area contributed by atoms with Crippen molar-refractivity contribution in [1.29, 1.82) is 0 Å². The van der Waals surface area contributed by atoms with E-state index in [1.807, 2.05) is 49.4 Å². The minimum atomic E-state index is -0.120. The van der Waals surface area contributed by atoms with Crippen LogP contribution in [0.2, 0.25) is 5.02 Å². The first kappa shape index (κ1) is 18.2. The van der Waals surface area contributed by atoms with Gasteiger partial charge in [-0.1, -0.05) is 35.9 Å². The second kappa shape index (κ2) is 8.17. The van der Waals surface area contributed by atoms with E-state index in [0.717, 1.165) is 22.5 Å². The van der Waals surface area contributed by atoms with Crippen molar-refractivity contribution in [1.82, 2.24) is 15.5 Å². The SMILES string of the molecule is COC[C@H](C)NC(=O)c1ccc(-c2cc(-c3ccc(Cl)cc3)[nH]n2)cc1. The summed E-state index contributed by atoms with van der Waals surface area (Å²) in [5, 5.41) is 11.0. The third-order valence-corrected chi connectivity index (χ3v) is 4.22. The molecule has 0 fully saturated rings. The van der Waals surface area contributed by atoms with Crippen molar-refractivity contribution in [3.05, 3.63) is 65.2 Å². The lowest BCUT2D eigenvalue weighted by atomic mass is 10.1. The van der Waals surface area contributed by atoms with Gasteiger partial charge >= 0.3 is 0 Å². The molecule has 0 aliphatic heterocycles. The fourth-order valence-corrected chi connectivity index (χ4v) is 2.76. The van der Waals surface area contributed by atoms with Crippen LogP contribution in [0.15, 0.2) is 54.6 Å². The van der Waals surface area contributed by atoms with Crippen LogP contribution in [-0.2, 0) is 4.74 Å². The van der Waals surface area contributed by atoms with Crippen LogP contribution in [0.4, 0.5) is 0 Å². The number of H-pyrrole nitrogens is 1. The second-order valence-electron chi connectivity index (χ2n) is 6.08. The summed E-state index contributed by atoms with van der Waals surface area (Å²) in [6, 6.07) is 16.9. The zero-order chi connectivity index (χ0) is 18.5. The smallest absolute Gasteiger partial charge is 0.251 e. The van der Waals surface area contributed by atoms with Gasteiger partial charge in [-0.2, -0.15) is 5.10 Å². The minimum Gasteiger partial charge on any atom is -0.383 e. The Bertz CT molecular complexity index is 873. The van der Waals surface area contributed by atoms with Crippen molar-refractivity contribution in [3.63, 3.8) is 0 Å². The lowest BCUT2D eigenvalue weighted by Crippen LogP contribution is -2.35. The van der Waals surface area contributed by atoms with E-state index in [4.69, 9.17) is 16.3 Å². The lowest BCUT2D eigenvalue weighted by molar-refractivity contribution is 0.0905. The Labute approximate surface area is 157 Å². The van der Waals surface area contributed by atoms with Crippen LogP contribution in [0.25, 0.3) is 22.5 Å². The molecule has 0 bridgehead atoms. The van der Waals surface area contributed by atoms with Crippen LogP contribution in [0.3, 0.4) is 0 Å². The number of nitrogens with zero attached hydrogens (tertiary/aromatic N) is 1. The highest BCUT2D eigenvalue weighted by atomic mass is 35.5. The first-order valence-corrected chi connectivity index (χ1v) is 8.66. The predicted octanol–water partition coefficient (Wildman–Crippen LogP) is 4.16. The summed E-state index contributed by atoms with van der Waals surface area (Å²) in [5.74, 6) is -0.120. The summed E-state index contributed by atoms with van der Waals surface area (Å²) in [6.07, 6.45) is 0. The average Bonchev–Trinajstić information content (AvgIpc) is 3.12. The Morgan fingerprint density at radius 3 is 2.46 bits per heavy atom. The zero-order valence-corrected chi connectivity index (χ0v) is 15.4. The number of amides is 1. The highest BCUT2D eigenvalue weighted by Gasteiger charge is 2.11. The van der Waals surface area contributed by atoms with Gasteiger partial charge in [0, 0.05) is 29.3 Å². The number of nitrogens with one attached hydrogen (secondary N) is 2. The molecule has 0 saturated carbocycles. The maximum absolute atomic E-state index is 12.2. The molecule has 0 aliphatic carbocycles. The number of methoxy groups -OCH3 is 1. The predicted molar refractivity (Wildman–Crippen MR) is 103 cm³/mol. The summed E-state index contributed by atoms with van der Waals surface area (Å²) < 4.78 is 5.03. The third-order valence-electron chi connectivity index (χ3n) is 3.97. The van der Waals surface area contributed by atoms with Crippen molar-refractivity contribution in [2.24, 2.45) is 0 Å². The normalized spacial score (nSPS) is 12.0. The number of aromatic amines is 1. The Morgan fingerprint density at radius 1 is 1.15 bits per heavy atom. The van der Waals surface area contributed by atoms with E-state index in [2.05, 4.69) is 15.5 Å². The van der Waals surface area contributed by atoms with Gasteiger partial charge in [-0.05, 0) is 42.8 Å². The molecule has 1 aromatic heterocycles. The Hall–Kier alpha value is -2.63. The standard InChI is InChI=1S/C20H20ClN3O2/c1-13(12-26-2)22-20(25)16-5-3-14(4-6-16)18-11-19(24-23-18)15-7-9-17(21)10-8-15/h3-11,13H,12H2,1-2H3,(H,22,25)(H,23,24)/t13-/m0/s1. The number of hydrogen-bond donors (Lipinski definition) is 2. The molecule has 5 nitrogen and oxygen atoms in total. The molecule has 1 heterocycles. The Morgan fingerprint density at radius 2 is 1.81 bits per heavy atom. The van der Waals surface area contributed by atoms with Crippen LogP contribution in [0.1, 0.15) is 17.3 Å². The van der Waals surface area contributed by atoms with Gasteiger partial charge in [0.15, 0.2) is 0 Å². The van der Waals surface area contributed by atoms with E-state index in [-0.39, 0.29) is 11.9 Å². The van der Waals surface area contributed by atoms with Gasteiger partial charge in [-0.3, -0.25) is 9.89 Å².